The molecule has 1 unspecified atom stereocenters. The predicted molar refractivity (Wildman–Crippen MR) is 43.5 cm³/mol. The second-order valence-corrected chi connectivity index (χ2v) is 2.72. The Morgan fingerprint density at radius 3 is 2.73 bits per heavy atom. The molecule has 0 fully saturated rings. The summed E-state index contributed by atoms with van der Waals surface area (Å²) in [5.74, 6) is 0.253. The Morgan fingerprint density at radius 2 is 2.18 bits per heavy atom. The average Bonchev–Trinajstić information content (AvgIpc) is 1.85. The lowest BCUT2D eigenvalue weighted by atomic mass is 10.1. The third-order valence-electron chi connectivity index (χ3n) is 1.44. The number of phenolic OH excluding ortho intramolecular Hbond substituents is 1. The number of hydrogen-bond acceptors (Lipinski definition) is 2. The molecule has 0 aromatic heterocycles. The summed E-state index contributed by atoms with van der Waals surface area (Å²) in [6, 6.07) is 6.93. The molecule has 0 aliphatic heterocycles. The Kier molecular flexibility index (Phi) is 2.49. The number of hydrogen-bond donors (Lipinski definition) is 2. The third-order valence-corrected chi connectivity index (χ3v) is 1.44. The summed E-state index contributed by atoms with van der Waals surface area (Å²) < 4.78 is 0. The maximum atomic E-state index is 9.04. The van der Waals surface area contributed by atoms with Crippen molar-refractivity contribution in [2.75, 3.05) is 0 Å². The Hall–Kier alpha value is -1.02. The molecule has 60 valence electrons. The predicted octanol–water partition coefficient (Wildman–Crippen LogP) is 1.32. The van der Waals surface area contributed by atoms with E-state index in [2.05, 4.69) is 0 Å². The molecule has 0 bridgehead atoms. The minimum absolute atomic E-state index is 0.253. The zero-order valence-electron chi connectivity index (χ0n) is 6.49. The van der Waals surface area contributed by atoms with Crippen LogP contribution in [0.4, 0.5) is 0 Å². The Bertz CT molecular complexity index is 231. The van der Waals surface area contributed by atoms with Gasteiger partial charge in [-0.2, -0.15) is 0 Å². The van der Waals surface area contributed by atoms with Crippen molar-refractivity contribution >= 4 is 0 Å². The van der Waals surface area contributed by atoms with Gasteiger partial charge in [0.1, 0.15) is 5.75 Å². The van der Waals surface area contributed by atoms with Gasteiger partial charge in [-0.1, -0.05) is 12.1 Å². The van der Waals surface area contributed by atoms with Crippen molar-refractivity contribution in [3.8, 4) is 5.75 Å². The summed E-state index contributed by atoms with van der Waals surface area (Å²) in [6.07, 6.45) is 0.241. The molecule has 1 aromatic carbocycles. The van der Waals surface area contributed by atoms with Gasteiger partial charge in [0.2, 0.25) is 0 Å². The topological polar surface area (TPSA) is 40.5 Å². The molecule has 0 radical (unpaired) electrons. The molecular formula is C9H12O2. The minimum atomic E-state index is -0.350. The van der Waals surface area contributed by atoms with E-state index in [1.165, 1.54) is 0 Å². The van der Waals surface area contributed by atoms with E-state index in [-0.39, 0.29) is 11.9 Å². The van der Waals surface area contributed by atoms with E-state index < -0.39 is 0 Å². The van der Waals surface area contributed by atoms with Gasteiger partial charge in [0.15, 0.2) is 0 Å². The molecule has 0 aliphatic carbocycles. The highest BCUT2D eigenvalue weighted by Gasteiger charge is 1.98. The highest BCUT2D eigenvalue weighted by Crippen LogP contribution is 2.12. The maximum absolute atomic E-state index is 9.04. The molecular weight excluding hydrogens is 140 g/mol. The third kappa shape index (κ3) is 2.60. The Morgan fingerprint density at radius 1 is 1.45 bits per heavy atom. The minimum Gasteiger partial charge on any atom is -0.508 e. The second kappa shape index (κ2) is 3.39. The molecule has 0 amide bonds. The zero-order chi connectivity index (χ0) is 8.27. The average molecular weight is 152 g/mol. The van der Waals surface area contributed by atoms with Crippen LogP contribution in [0.15, 0.2) is 24.3 Å². The molecule has 0 saturated carbocycles. The number of phenols is 1. The highest BCUT2D eigenvalue weighted by molar-refractivity contribution is 5.27. The van der Waals surface area contributed by atoms with Crippen molar-refractivity contribution in [3.05, 3.63) is 29.8 Å². The maximum Gasteiger partial charge on any atom is 0.115 e. The standard InChI is InChI=1S/C9H12O2/c1-7(10)5-8-3-2-4-9(11)6-8/h2-4,6-7,10-11H,5H2,1H3. The molecule has 0 heterocycles. The fourth-order valence-corrected chi connectivity index (χ4v) is 1.02. The van der Waals surface area contributed by atoms with Crippen LogP contribution in [-0.4, -0.2) is 16.3 Å². The molecule has 1 aromatic rings. The first-order chi connectivity index (χ1) is 5.18. The quantitative estimate of drug-likeness (QED) is 0.671. The molecule has 2 N–H and O–H groups in total. The van der Waals surface area contributed by atoms with Crippen LogP contribution >= 0.6 is 0 Å². The van der Waals surface area contributed by atoms with Crippen molar-refractivity contribution in [1.82, 2.24) is 0 Å². The van der Waals surface area contributed by atoms with Gasteiger partial charge in [-0.25, -0.2) is 0 Å². The van der Waals surface area contributed by atoms with Gasteiger partial charge in [0.05, 0.1) is 6.10 Å². The van der Waals surface area contributed by atoms with E-state index in [0.717, 1.165) is 5.56 Å². The lowest BCUT2D eigenvalue weighted by Crippen LogP contribution is -2.03. The fraction of sp³-hybridized carbons (Fsp3) is 0.333. The van der Waals surface area contributed by atoms with Gasteiger partial charge in [-0.3, -0.25) is 0 Å². The zero-order valence-corrected chi connectivity index (χ0v) is 6.49. The highest BCUT2D eigenvalue weighted by atomic mass is 16.3. The van der Waals surface area contributed by atoms with Crippen molar-refractivity contribution in [3.63, 3.8) is 0 Å². The first-order valence-electron chi connectivity index (χ1n) is 3.64. The van der Waals surface area contributed by atoms with Crippen molar-refractivity contribution in [2.45, 2.75) is 19.4 Å². The number of benzene rings is 1. The van der Waals surface area contributed by atoms with Crippen LogP contribution in [0.25, 0.3) is 0 Å². The van der Waals surface area contributed by atoms with Gasteiger partial charge in [-0.05, 0) is 31.0 Å². The lowest BCUT2D eigenvalue weighted by molar-refractivity contribution is 0.195. The fourth-order valence-electron chi connectivity index (χ4n) is 1.02. The largest absolute Gasteiger partial charge is 0.508 e. The van der Waals surface area contributed by atoms with E-state index >= 15 is 0 Å². The van der Waals surface area contributed by atoms with Crippen LogP contribution in [-0.2, 0) is 6.42 Å². The van der Waals surface area contributed by atoms with Crippen LogP contribution < -0.4 is 0 Å². The van der Waals surface area contributed by atoms with E-state index in [1.807, 2.05) is 6.07 Å². The lowest BCUT2D eigenvalue weighted by Gasteiger charge is -2.03. The molecule has 11 heavy (non-hydrogen) atoms. The normalized spacial score (nSPS) is 12.9. The van der Waals surface area contributed by atoms with E-state index in [9.17, 15) is 0 Å². The molecule has 0 saturated heterocycles. The van der Waals surface area contributed by atoms with Crippen LogP contribution in [0, 0.1) is 0 Å². The molecule has 2 heteroatoms. The summed E-state index contributed by atoms with van der Waals surface area (Å²) in [5, 5.41) is 18.1. The van der Waals surface area contributed by atoms with Gasteiger partial charge in [0.25, 0.3) is 0 Å². The smallest absolute Gasteiger partial charge is 0.115 e. The first-order valence-corrected chi connectivity index (χ1v) is 3.64. The number of aliphatic hydroxyl groups is 1. The summed E-state index contributed by atoms with van der Waals surface area (Å²) in [6.45, 7) is 1.73. The SMILES string of the molecule is CC(O)Cc1cccc(O)c1. The van der Waals surface area contributed by atoms with Crippen LogP contribution in [0.3, 0.4) is 0 Å². The molecule has 2 nitrogen and oxygen atoms in total. The Balaban J connectivity index is 2.71. The van der Waals surface area contributed by atoms with Crippen LogP contribution in [0.1, 0.15) is 12.5 Å². The van der Waals surface area contributed by atoms with Crippen LogP contribution in [0.5, 0.6) is 5.75 Å². The Labute approximate surface area is 66.1 Å². The summed E-state index contributed by atoms with van der Waals surface area (Å²) >= 11 is 0. The molecule has 0 aliphatic rings. The molecule has 0 spiro atoms. The van der Waals surface area contributed by atoms with Gasteiger partial charge in [-0.15, -0.1) is 0 Å². The van der Waals surface area contributed by atoms with E-state index in [1.54, 1.807) is 25.1 Å². The van der Waals surface area contributed by atoms with Crippen molar-refractivity contribution in [1.29, 1.82) is 0 Å². The van der Waals surface area contributed by atoms with E-state index in [0.29, 0.717) is 6.42 Å². The van der Waals surface area contributed by atoms with Gasteiger partial charge >= 0.3 is 0 Å². The monoisotopic (exact) mass is 152 g/mol. The molecule has 1 atom stereocenters. The number of aliphatic hydroxyl groups excluding tert-OH is 1. The summed E-state index contributed by atoms with van der Waals surface area (Å²) in [5.41, 5.74) is 0.958. The van der Waals surface area contributed by atoms with Gasteiger partial charge < -0.3 is 10.2 Å². The molecule has 1 rings (SSSR count). The first kappa shape index (κ1) is 8.08. The van der Waals surface area contributed by atoms with Crippen molar-refractivity contribution < 1.29 is 10.2 Å². The van der Waals surface area contributed by atoms with E-state index in [4.69, 9.17) is 10.2 Å². The number of rotatable bonds is 2. The van der Waals surface area contributed by atoms with Crippen LogP contribution in [0.2, 0.25) is 0 Å². The summed E-state index contributed by atoms with van der Waals surface area (Å²) in [4.78, 5) is 0. The van der Waals surface area contributed by atoms with Crippen molar-refractivity contribution in [2.24, 2.45) is 0 Å². The summed E-state index contributed by atoms with van der Waals surface area (Å²) in [7, 11) is 0. The second-order valence-electron chi connectivity index (χ2n) is 2.72. The van der Waals surface area contributed by atoms with Gasteiger partial charge in [0, 0.05) is 0 Å². The number of aromatic hydroxyl groups is 1.